The fourth-order valence-corrected chi connectivity index (χ4v) is 4.28. The number of aliphatic imine (C=N–C) groups is 1. The van der Waals surface area contributed by atoms with Gasteiger partial charge in [-0.25, -0.2) is 19.6 Å². The highest BCUT2D eigenvalue weighted by molar-refractivity contribution is 5.89. The molecule has 148 valence electrons. The summed E-state index contributed by atoms with van der Waals surface area (Å²) in [5, 5.41) is 13.2. The Morgan fingerprint density at radius 1 is 1.29 bits per heavy atom. The zero-order valence-corrected chi connectivity index (χ0v) is 16.3. The van der Waals surface area contributed by atoms with E-state index >= 15 is 0 Å². The predicted octanol–water partition coefficient (Wildman–Crippen LogP) is 2.70. The van der Waals surface area contributed by atoms with Crippen molar-refractivity contribution in [3.05, 3.63) is 31.0 Å². The first-order chi connectivity index (χ1) is 13.3. The smallest absolute Gasteiger partial charge is 0.319 e. The molecule has 9 heteroatoms. The fourth-order valence-electron chi connectivity index (χ4n) is 4.28. The maximum atomic E-state index is 12.3. The summed E-state index contributed by atoms with van der Waals surface area (Å²) in [6, 6.07) is 3.19. The number of carbonyl (C=O) groups is 1. The Labute approximate surface area is 163 Å². The van der Waals surface area contributed by atoms with Crippen molar-refractivity contribution in [1.29, 1.82) is 0 Å². The van der Waals surface area contributed by atoms with E-state index in [1.54, 1.807) is 41.6 Å². The molecule has 1 aliphatic carbocycles. The molecule has 3 rings (SSSR count). The Bertz CT molecular complexity index is 857. The van der Waals surface area contributed by atoms with Gasteiger partial charge in [0.2, 0.25) is 6.08 Å². The van der Waals surface area contributed by atoms with Crippen molar-refractivity contribution in [2.75, 3.05) is 11.9 Å². The number of hydrogen-bond donors (Lipinski definition) is 2. The number of nitrogens with zero attached hydrogens (tertiary/aromatic N) is 5. The first-order valence-electron chi connectivity index (χ1n) is 9.22. The van der Waals surface area contributed by atoms with Crippen LogP contribution >= 0.6 is 0 Å². The van der Waals surface area contributed by atoms with E-state index < -0.39 is 0 Å². The monoisotopic (exact) mass is 383 g/mol. The first-order valence-corrected chi connectivity index (χ1v) is 9.22. The van der Waals surface area contributed by atoms with Gasteiger partial charge in [0.05, 0.1) is 17.9 Å². The van der Waals surface area contributed by atoms with Gasteiger partial charge in [0, 0.05) is 6.54 Å². The molecule has 1 fully saturated rings. The molecule has 0 saturated heterocycles. The van der Waals surface area contributed by atoms with Crippen LogP contribution in [-0.2, 0) is 4.79 Å². The first kappa shape index (κ1) is 19.7. The highest BCUT2D eigenvalue weighted by atomic mass is 16.2. The largest absolute Gasteiger partial charge is 0.337 e. The zero-order chi connectivity index (χ0) is 20.2. The summed E-state index contributed by atoms with van der Waals surface area (Å²) in [7, 11) is 0. The summed E-state index contributed by atoms with van der Waals surface area (Å²) in [5.74, 6) is 0.662. The van der Waals surface area contributed by atoms with Crippen LogP contribution in [0.5, 0.6) is 0 Å². The van der Waals surface area contributed by atoms with E-state index in [0.717, 1.165) is 19.3 Å². The molecule has 2 aromatic heterocycles. The highest BCUT2D eigenvalue weighted by Crippen LogP contribution is 2.46. The Morgan fingerprint density at radius 3 is 2.68 bits per heavy atom. The summed E-state index contributed by atoms with van der Waals surface area (Å²) in [6.07, 6.45) is 8.92. The number of urea groups is 1. The van der Waals surface area contributed by atoms with Crippen LogP contribution in [0.4, 0.5) is 10.5 Å². The molecule has 1 saturated carbocycles. The molecule has 1 aliphatic rings. The van der Waals surface area contributed by atoms with Crippen molar-refractivity contribution in [3.63, 3.8) is 0 Å². The summed E-state index contributed by atoms with van der Waals surface area (Å²) in [5.41, 5.74) is 0.505. The summed E-state index contributed by atoms with van der Waals surface area (Å²) < 4.78 is 1.67. The van der Waals surface area contributed by atoms with Crippen LogP contribution in [0.2, 0.25) is 0 Å². The Balaban J connectivity index is 1.56. The lowest BCUT2D eigenvalue weighted by molar-refractivity contribution is 0.0855. The van der Waals surface area contributed by atoms with Crippen molar-refractivity contribution in [3.8, 4) is 5.82 Å². The number of carbonyl (C=O) groups excluding carboxylic acids is 2. The van der Waals surface area contributed by atoms with Gasteiger partial charge in [-0.2, -0.15) is 0 Å². The molecule has 2 heterocycles. The molecule has 28 heavy (non-hydrogen) atoms. The lowest BCUT2D eigenvalue weighted by atomic mass is 9.63. The van der Waals surface area contributed by atoms with Crippen molar-refractivity contribution < 1.29 is 9.59 Å². The van der Waals surface area contributed by atoms with Crippen molar-refractivity contribution in [2.45, 2.75) is 46.1 Å². The average molecular weight is 383 g/mol. The number of amides is 2. The third-order valence-corrected chi connectivity index (χ3v) is 5.02. The molecule has 0 aliphatic heterocycles. The Hall–Kier alpha value is -3.06. The zero-order valence-electron chi connectivity index (χ0n) is 16.3. The number of rotatable bonds is 5. The molecule has 2 atom stereocenters. The minimum absolute atomic E-state index is 0.0504. The van der Waals surface area contributed by atoms with Crippen LogP contribution in [0, 0.1) is 10.8 Å². The second-order valence-corrected chi connectivity index (χ2v) is 8.52. The number of isocyanates is 1. The number of anilines is 1. The third kappa shape index (κ3) is 5.01. The molecule has 0 aromatic carbocycles. The van der Waals surface area contributed by atoms with Crippen LogP contribution < -0.4 is 10.6 Å². The van der Waals surface area contributed by atoms with E-state index in [2.05, 4.69) is 51.6 Å². The van der Waals surface area contributed by atoms with Gasteiger partial charge >= 0.3 is 6.03 Å². The highest BCUT2D eigenvalue weighted by Gasteiger charge is 2.41. The fraction of sp³-hybridized carbons (Fsp3) is 0.526. The average Bonchev–Trinajstić information content (AvgIpc) is 3.14. The van der Waals surface area contributed by atoms with Crippen molar-refractivity contribution in [1.82, 2.24) is 25.1 Å². The van der Waals surface area contributed by atoms with Gasteiger partial charge in [-0.1, -0.05) is 20.8 Å². The second-order valence-electron chi connectivity index (χ2n) is 8.52. The molecule has 0 bridgehead atoms. The molecule has 2 unspecified atom stereocenters. The number of aromatic nitrogens is 4. The number of hydrogen-bond acceptors (Lipinski definition) is 6. The van der Waals surface area contributed by atoms with E-state index in [1.165, 1.54) is 0 Å². The van der Waals surface area contributed by atoms with Gasteiger partial charge in [-0.05, 0) is 42.2 Å². The summed E-state index contributed by atoms with van der Waals surface area (Å²) >= 11 is 0. The minimum atomic E-state index is -0.293. The maximum Gasteiger partial charge on any atom is 0.319 e. The van der Waals surface area contributed by atoms with Crippen molar-refractivity contribution in [2.24, 2.45) is 15.8 Å². The maximum absolute atomic E-state index is 12.3. The van der Waals surface area contributed by atoms with E-state index in [0.29, 0.717) is 18.1 Å². The van der Waals surface area contributed by atoms with E-state index in [-0.39, 0.29) is 22.9 Å². The van der Waals surface area contributed by atoms with Gasteiger partial charge < -0.3 is 10.6 Å². The molecule has 2 amide bonds. The van der Waals surface area contributed by atoms with E-state index in [1.807, 2.05) is 0 Å². The SMILES string of the molecule is CC1(C)CC(N=C=O)CC(C)(CNC(=O)Nc2ccc(-n3cnnc3)nc2)C1. The van der Waals surface area contributed by atoms with E-state index in [9.17, 15) is 9.59 Å². The van der Waals surface area contributed by atoms with Crippen LogP contribution in [0.15, 0.2) is 36.0 Å². The Morgan fingerprint density at radius 2 is 2.04 bits per heavy atom. The molecule has 9 nitrogen and oxygen atoms in total. The topological polar surface area (TPSA) is 114 Å². The Kier molecular flexibility index (Phi) is 5.56. The summed E-state index contributed by atoms with van der Waals surface area (Å²) in [6.45, 7) is 6.96. The van der Waals surface area contributed by atoms with Gasteiger partial charge in [0.25, 0.3) is 0 Å². The van der Waals surface area contributed by atoms with Gasteiger partial charge in [0.15, 0.2) is 0 Å². The minimum Gasteiger partial charge on any atom is -0.337 e. The van der Waals surface area contributed by atoms with Crippen molar-refractivity contribution >= 4 is 17.8 Å². The molecular formula is C19H25N7O2. The molecule has 2 N–H and O–H groups in total. The van der Waals surface area contributed by atoms with Crippen LogP contribution in [-0.4, -0.2) is 44.4 Å². The molecule has 0 spiro atoms. The lowest BCUT2D eigenvalue weighted by Gasteiger charge is -2.45. The molecule has 2 aromatic rings. The normalized spacial score (nSPS) is 23.5. The molecular weight excluding hydrogens is 358 g/mol. The molecule has 0 radical (unpaired) electrons. The van der Waals surface area contributed by atoms with Gasteiger partial charge in [-0.15, -0.1) is 10.2 Å². The number of nitrogens with one attached hydrogen (secondary N) is 2. The second kappa shape index (κ2) is 7.90. The van der Waals surface area contributed by atoms with Gasteiger partial charge in [0.1, 0.15) is 18.5 Å². The standard InChI is InChI=1S/C19H25N7O2/c1-18(2)6-15(22-13-27)7-19(3,9-18)10-21-17(28)25-14-4-5-16(20-8-14)26-11-23-24-12-26/h4-5,8,11-12,15H,6-7,9-10H2,1-3H3,(H2,21,25,28). The summed E-state index contributed by atoms with van der Waals surface area (Å²) in [4.78, 5) is 31.2. The lowest BCUT2D eigenvalue weighted by Crippen LogP contribution is -2.45. The van der Waals surface area contributed by atoms with Crippen LogP contribution in [0.25, 0.3) is 5.82 Å². The van der Waals surface area contributed by atoms with Crippen LogP contribution in [0.3, 0.4) is 0 Å². The quantitative estimate of drug-likeness (QED) is 0.609. The van der Waals surface area contributed by atoms with Crippen LogP contribution in [0.1, 0.15) is 40.0 Å². The van der Waals surface area contributed by atoms with E-state index in [4.69, 9.17) is 0 Å². The predicted molar refractivity (Wildman–Crippen MR) is 104 cm³/mol. The third-order valence-electron chi connectivity index (χ3n) is 5.02. The van der Waals surface area contributed by atoms with Gasteiger partial charge in [-0.3, -0.25) is 4.57 Å². The number of pyridine rings is 1.